The van der Waals surface area contributed by atoms with Crippen LogP contribution in [0.1, 0.15) is 120 Å². The van der Waals surface area contributed by atoms with Gasteiger partial charge in [-0.25, -0.2) is 14.6 Å². The zero-order valence-corrected chi connectivity index (χ0v) is 27.9. The molecule has 2 heterocycles. The number of rotatable bonds is 9. The number of carbonyl (C=O) groups is 1. The molecule has 2 fully saturated rings. The van der Waals surface area contributed by atoms with Crippen molar-refractivity contribution in [3.05, 3.63) is 35.4 Å². The van der Waals surface area contributed by atoms with Crippen LogP contribution >= 0.6 is 0 Å². The van der Waals surface area contributed by atoms with E-state index in [1.165, 1.54) is 10.1 Å². The molecule has 2 aliphatic rings. The van der Waals surface area contributed by atoms with Crippen LogP contribution in [-0.2, 0) is 25.6 Å². The number of amides is 1. The minimum atomic E-state index is -0.654. The standard InChI is InChI=1S/C32H56N4O6/c1-27(2)17-24(18-28(3,4)35(27)38)41-26(37)34-32(11,12)23-15-13-22(14-16-23)31(9,10)33-21-40-42-25-19-29(5,6)36(39)30(7,8)20-25/h13-16,24-25,33,38-39H,17-21H2,1-12H3,(H,34,37). The Bertz CT molecular complexity index is 1050. The molecular formula is C32H56N4O6. The number of benzene rings is 1. The van der Waals surface area contributed by atoms with Gasteiger partial charge in [-0.05, 0) is 107 Å². The van der Waals surface area contributed by atoms with E-state index >= 15 is 0 Å². The number of nitrogens with one attached hydrogen (secondary N) is 2. The lowest BCUT2D eigenvalue weighted by molar-refractivity contribution is -0.361. The maximum absolute atomic E-state index is 12.9. The third kappa shape index (κ3) is 8.02. The van der Waals surface area contributed by atoms with E-state index in [1.54, 1.807) is 0 Å². The predicted molar refractivity (Wildman–Crippen MR) is 162 cm³/mol. The smallest absolute Gasteiger partial charge is 0.408 e. The Labute approximate surface area is 252 Å². The highest BCUT2D eigenvalue weighted by Crippen LogP contribution is 2.39. The molecule has 0 unspecified atom stereocenters. The maximum Gasteiger partial charge on any atom is 0.408 e. The van der Waals surface area contributed by atoms with Crippen molar-refractivity contribution in [2.45, 2.75) is 154 Å². The number of nitrogens with zero attached hydrogens (tertiary/aromatic N) is 2. The molecule has 1 amide bonds. The summed E-state index contributed by atoms with van der Waals surface area (Å²) in [6.07, 6.45) is 1.52. The minimum Gasteiger partial charge on any atom is -0.446 e. The zero-order chi connectivity index (χ0) is 31.9. The van der Waals surface area contributed by atoms with Crippen LogP contribution < -0.4 is 10.6 Å². The van der Waals surface area contributed by atoms with E-state index in [4.69, 9.17) is 14.5 Å². The van der Waals surface area contributed by atoms with Crippen molar-refractivity contribution >= 4 is 6.09 Å². The van der Waals surface area contributed by atoms with Crippen LogP contribution in [0, 0.1) is 0 Å². The van der Waals surface area contributed by atoms with Gasteiger partial charge in [0.1, 0.15) is 12.8 Å². The number of ether oxygens (including phenoxy) is 1. The van der Waals surface area contributed by atoms with Gasteiger partial charge in [0.2, 0.25) is 0 Å². The van der Waals surface area contributed by atoms with Gasteiger partial charge in [0.05, 0.1) is 11.6 Å². The van der Waals surface area contributed by atoms with Crippen molar-refractivity contribution < 1.29 is 29.7 Å². The molecule has 2 saturated heterocycles. The summed E-state index contributed by atoms with van der Waals surface area (Å²) in [4.78, 5) is 24.2. The van der Waals surface area contributed by atoms with Gasteiger partial charge in [-0.1, -0.05) is 24.3 Å². The normalized spacial score (nSPS) is 23.5. The quantitative estimate of drug-likeness (QED) is 0.115. The molecule has 240 valence electrons. The van der Waals surface area contributed by atoms with Crippen molar-refractivity contribution in [3.8, 4) is 0 Å². The predicted octanol–water partition coefficient (Wildman–Crippen LogP) is 6.20. The SMILES string of the molecule is CC(C)(NCOOC1CC(C)(C)N(O)C(C)(C)C1)c1ccc(C(C)(C)NC(=O)OC2CC(C)(C)N(O)C(C)(C)C2)cc1. The van der Waals surface area contributed by atoms with E-state index in [0.29, 0.717) is 25.7 Å². The molecule has 3 rings (SSSR count). The van der Waals surface area contributed by atoms with Crippen LogP contribution in [0.5, 0.6) is 0 Å². The molecule has 4 N–H and O–H groups in total. The second-order valence-electron chi connectivity index (χ2n) is 15.8. The van der Waals surface area contributed by atoms with E-state index in [0.717, 1.165) is 11.1 Å². The summed E-state index contributed by atoms with van der Waals surface area (Å²) in [5.74, 6) is 0. The molecule has 10 nitrogen and oxygen atoms in total. The monoisotopic (exact) mass is 592 g/mol. The lowest BCUT2D eigenvalue weighted by Gasteiger charge is -2.50. The first-order valence-corrected chi connectivity index (χ1v) is 15.1. The Morgan fingerprint density at radius 1 is 0.762 bits per heavy atom. The lowest BCUT2D eigenvalue weighted by Crippen LogP contribution is -2.61. The second-order valence-corrected chi connectivity index (χ2v) is 15.8. The molecule has 42 heavy (non-hydrogen) atoms. The third-order valence-corrected chi connectivity index (χ3v) is 9.00. The minimum absolute atomic E-state index is 0.121. The Morgan fingerprint density at radius 2 is 1.14 bits per heavy atom. The van der Waals surface area contributed by atoms with Gasteiger partial charge >= 0.3 is 6.09 Å². The van der Waals surface area contributed by atoms with Gasteiger partial charge in [0.15, 0.2) is 0 Å². The zero-order valence-electron chi connectivity index (χ0n) is 27.9. The number of hydrogen-bond acceptors (Lipinski definition) is 9. The molecule has 0 aliphatic carbocycles. The van der Waals surface area contributed by atoms with Crippen molar-refractivity contribution in [1.82, 2.24) is 20.8 Å². The van der Waals surface area contributed by atoms with E-state index in [9.17, 15) is 15.2 Å². The van der Waals surface area contributed by atoms with E-state index in [-0.39, 0.29) is 18.9 Å². The molecule has 1 aromatic rings. The van der Waals surface area contributed by atoms with Crippen LogP contribution in [0.3, 0.4) is 0 Å². The van der Waals surface area contributed by atoms with Gasteiger partial charge in [-0.3, -0.25) is 5.32 Å². The summed E-state index contributed by atoms with van der Waals surface area (Å²) in [6.45, 7) is 24.0. The fourth-order valence-corrected chi connectivity index (χ4v) is 6.76. The van der Waals surface area contributed by atoms with Gasteiger partial charge in [-0.2, -0.15) is 10.1 Å². The number of hydroxylamine groups is 4. The lowest BCUT2D eigenvalue weighted by atomic mass is 9.80. The van der Waals surface area contributed by atoms with Crippen molar-refractivity contribution in [3.63, 3.8) is 0 Å². The fraction of sp³-hybridized carbons (Fsp3) is 0.781. The van der Waals surface area contributed by atoms with Crippen LogP contribution in [-0.4, -0.2) is 67.7 Å². The van der Waals surface area contributed by atoms with E-state index in [2.05, 4.69) is 24.5 Å². The summed E-state index contributed by atoms with van der Waals surface area (Å²) in [5, 5.41) is 30.3. The van der Waals surface area contributed by atoms with Crippen molar-refractivity contribution in [1.29, 1.82) is 0 Å². The Balaban J connectivity index is 1.52. The first-order valence-electron chi connectivity index (χ1n) is 15.1. The number of hydrogen-bond donors (Lipinski definition) is 4. The van der Waals surface area contributed by atoms with Crippen molar-refractivity contribution in [2.24, 2.45) is 0 Å². The van der Waals surface area contributed by atoms with Gasteiger partial charge in [-0.15, -0.1) is 0 Å². The summed E-state index contributed by atoms with van der Waals surface area (Å²) < 4.78 is 5.83. The summed E-state index contributed by atoms with van der Waals surface area (Å²) in [5.41, 5.74) is -0.854. The fourth-order valence-electron chi connectivity index (χ4n) is 6.76. The molecule has 0 atom stereocenters. The Hall–Kier alpha value is -1.79. The topological polar surface area (TPSA) is 116 Å². The molecule has 0 radical (unpaired) electrons. The molecule has 0 spiro atoms. The Kier molecular flexibility index (Phi) is 9.87. The van der Waals surface area contributed by atoms with Crippen LogP contribution in [0.15, 0.2) is 24.3 Å². The van der Waals surface area contributed by atoms with Gasteiger partial charge < -0.3 is 20.5 Å². The van der Waals surface area contributed by atoms with Gasteiger partial charge in [0, 0.05) is 40.5 Å². The van der Waals surface area contributed by atoms with Crippen LogP contribution in [0.2, 0.25) is 0 Å². The third-order valence-electron chi connectivity index (χ3n) is 9.00. The molecule has 1 aromatic carbocycles. The van der Waals surface area contributed by atoms with E-state index in [1.807, 2.05) is 93.5 Å². The van der Waals surface area contributed by atoms with Gasteiger partial charge in [0.25, 0.3) is 0 Å². The molecule has 0 bridgehead atoms. The summed E-state index contributed by atoms with van der Waals surface area (Å²) in [6, 6.07) is 8.11. The average molecular weight is 593 g/mol. The average Bonchev–Trinajstić information content (AvgIpc) is 2.82. The number of carbonyl (C=O) groups excluding carboxylic acids is 1. The maximum atomic E-state index is 12.9. The summed E-state index contributed by atoms with van der Waals surface area (Å²) >= 11 is 0. The largest absolute Gasteiger partial charge is 0.446 e. The van der Waals surface area contributed by atoms with Crippen LogP contribution in [0.4, 0.5) is 4.79 Å². The molecular weight excluding hydrogens is 536 g/mol. The van der Waals surface area contributed by atoms with Crippen LogP contribution in [0.25, 0.3) is 0 Å². The Morgan fingerprint density at radius 3 is 1.57 bits per heavy atom. The number of piperidine rings is 2. The van der Waals surface area contributed by atoms with Crippen molar-refractivity contribution in [2.75, 3.05) is 6.73 Å². The highest BCUT2D eigenvalue weighted by molar-refractivity contribution is 5.69. The number of alkyl carbamates (subject to hydrolysis) is 1. The highest BCUT2D eigenvalue weighted by atomic mass is 17.2. The molecule has 0 aromatic heterocycles. The first-order chi connectivity index (χ1) is 19.0. The summed E-state index contributed by atoms with van der Waals surface area (Å²) in [7, 11) is 0. The molecule has 2 aliphatic heterocycles. The molecule has 0 saturated carbocycles. The highest BCUT2D eigenvalue weighted by Gasteiger charge is 2.47. The second kappa shape index (κ2) is 12.0. The van der Waals surface area contributed by atoms with E-state index < -0.39 is 39.3 Å². The first kappa shape index (κ1) is 34.7. The molecule has 10 heteroatoms.